The number of rotatable bonds is 5. The maximum absolute atomic E-state index is 11.5. The minimum atomic E-state index is 0.00856. The molecule has 0 spiro atoms. The van der Waals surface area contributed by atoms with Crippen molar-refractivity contribution in [3.63, 3.8) is 0 Å². The second-order valence-corrected chi connectivity index (χ2v) is 5.88. The zero-order chi connectivity index (χ0) is 13.2. The van der Waals surface area contributed by atoms with Crippen LogP contribution in [0.5, 0.6) is 5.88 Å². The van der Waals surface area contributed by atoms with Crippen LogP contribution in [0.4, 0.5) is 0 Å². The summed E-state index contributed by atoms with van der Waals surface area (Å²) in [6.45, 7) is 2.32. The number of pyridine rings is 1. The third-order valence-corrected chi connectivity index (χ3v) is 4.20. The molecule has 0 aliphatic heterocycles. The first-order chi connectivity index (χ1) is 9.24. The van der Waals surface area contributed by atoms with Crippen molar-refractivity contribution in [2.75, 3.05) is 6.61 Å². The van der Waals surface area contributed by atoms with Crippen molar-refractivity contribution in [2.24, 2.45) is 5.92 Å². The molecule has 1 aromatic rings. The largest absolute Gasteiger partial charge is 0.477 e. The van der Waals surface area contributed by atoms with Gasteiger partial charge in [0, 0.05) is 12.5 Å². The van der Waals surface area contributed by atoms with Gasteiger partial charge >= 0.3 is 0 Å². The van der Waals surface area contributed by atoms with Crippen molar-refractivity contribution in [1.82, 2.24) is 4.98 Å². The van der Waals surface area contributed by atoms with E-state index in [1.807, 2.05) is 6.07 Å². The highest BCUT2D eigenvalue weighted by atomic mass is 16.5. The molecule has 0 bridgehead atoms. The molecular formula is C16H21NO2. The summed E-state index contributed by atoms with van der Waals surface area (Å²) in [4.78, 5) is 15.9. The minimum Gasteiger partial charge on any atom is -0.477 e. The molecule has 0 saturated heterocycles. The molecule has 1 heterocycles. The van der Waals surface area contributed by atoms with Gasteiger partial charge in [0.05, 0.1) is 6.61 Å². The summed E-state index contributed by atoms with van der Waals surface area (Å²) in [5.74, 6) is 2.00. The Morgan fingerprint density at radius 3 is 2.63 bits per heavy atom. The Morgan fingerprint density at radius 1 is 1.26 bits per heavy atom. The summed E-state index contributed by atoms with van der Waals surface area (Å²) < 4.78 is 5.90. The molecule has 0 N–H and O–H groups in total. The zero-order valence-corrected chi connectivity index (χ0v) is 11.5. The Hall–Kier alpha value is -1.38. The fraction of sp³-hybridized carbons (Fsp3) is 0.625. The molecule has 0 radical (unpaired) electrons. The monoisotopic (exact) mass is 259 g/mol. The topological polar surface area (TPSA) is 39.2 Å². The second-order valence-electron chi connectivity index (χ2n) is 5.88. The molecule has 19 heavy (non-hydrogen) atoms. The van der Waals surface area contributed by atoms with E-state index in [-0.39, 0.29) is 5.78 Å². The number of nitrogens with zero attached hydrogens (tertiary/aromatic N) is 1. The zero-order valence-electron chi connectivity index (χ0n) is 11.5. The highest BCUT2D eigenvalue weighted by Crippen LogP contribution is 2.39. The van der Waals surface area contributed by atoms with Crippen molar-refractivity contribution in [1.29, 1.82) is 0 Å². The molecular weight excluding hydrogens is 238 g/mol. The van der Waals surface area contributed by atoms with Crippen LogP contribution in [0.3, 0.4) is 0 Å². The van der Waals surface area contributed by atoms with Crippen LogP contribution in [0.25, 0.3) is 0 Å². The molecule has 2 saturated carbocycles. The summed E-state index contributed by atoms with van der Waals surface area (Å²) in [6.07, 6.45) is 7.57. The molecule has 3 rings (SSSR count). The van der Waals surface area contributed by atoms with E-state index < -0.39 is 0 Å². The third kappa shape index (κ3) is 2.96. The summed E-state index contributed by atoms with van der Waals surface area (Å²) in [5, 5.41) is 0. The molecule has 0 aromatic carbocycles. The van der Waals surface area contributed by atoms with Crippen LogP contribution in [0.2, 0.25) is 0 Å². The summed E-state index contributed by atoms with van der Waals surface area (Å²) in [6, 6.07) is 3.90. The molecule has 3 nitrogen and oxygen atoms in total. The first kappa shape index (κ1) is 12.6. The third-order valence-electron chi connectivity index (χ3n) is 4.20. The molecule has 0 atom stereocenters. The number of hydrogen-bond donors (Lipinski definition) is 0. The van der Waals surface area contributed by atoms with Crippen LogP contribution >= 0.6 is 0 Å². The van der Waals surface area contributed by atoms with Gasteiger partial charge in [0.15, 0.2) is 5.78 Å². The van der Waals surface area contributed by atoms with Crippen LogP contribution in [-0.2, 0) is 0 Å². The minimum absolute atomic E-state index is 0.00856. The average molecular weight is 259 g/mol. The lowest BCUT2D eigenvalue weighted by atomic mass is 9.98. The van der Waals surface area contributed by atoms with Crippen LogP contribution in [0, 0.1) is 5.92 Å². The number of hydrogen-bond acceptors (Lipinski definition) is 3. The summed E-state index contributed by atoms with van der Waals surface area (Å²) >= 11 is 0. The van der Waals surface area contributed by atoms with Gasteiger partial charge in [0.1, 0.15) is 5.69 Å². The van der Waals surface area contributed by atoms with E-state index in [1.54, 1.807) is 6.92 Å². The lowest BCUT2D eigenvalue weighted by Crippen LogP contribution is -2.08. The fourth-order valence-electron chi connectivity index (χ4n) is 2.79. The lowest BCUT2D eigenvalue weighted by Gasteiger charge is -2.15. The molecule has 3 heteroatoms. The smallest absolute Gasteiger partial charge is 0.217 e. The number of Topliss-reactive ketones (excluding diaryl/α,β-unsaturated/α-hetero) is 1. The van der Waals surface area contributed by atoms with Gasteiger partial charge in [-0.05, 0) is 43.6 Å². The Balaban J connectivity index is 1.84. The van der Waals surface area contributed by atoms with Gasteiger partial charge in [-0.2, -0.15) is 0 Å². The standard InChI is InChI=1S/C16H21NO2/c1-11(18)15-9-8-14(13-4-2-3-5-13)16(17-15)19-10-12-6-7-12/h8-9,12-13H,2-7,10H2,1H3. The SMILES string of the molecule is CC(=O)c1ccc(C2CCCC2)c(OCC2CC2)n1. The van der Waals surface area contributed by atoms with Gasteiger partial charge in [0.2, 0.25) is 5.88 Å². The summed E-state index contributed by atoms with van der Waals surface area (Å²) in [5.41, 5.74) is 1.73. The Labute approximate surface area is 114 Å². The number of carbonyl (C=O) groups excluding carboxylic acids is 1. The van der Waals surface area contributed by atoms with Gasteiger partial charge in [-0.3, -0.25) is 4.79 Å². The van der Waals surface area contributed by atoms with E-state index in [0.717, 1.165) is 6.61 Å². The van der Waals surface area contributed by atoms with E-state index in [1.165, 1.54) is 44.1 Å². The maximum atomic E-state index is 11.5. The lowest BCUT2D eigenvalue weighted by molar-refractivity contribution is 0.101. The van der Waals surface area contributed by atoms with Crippen LogP contribution in [-0.4, -0.2) is 17.4 Å². The van der Waals surface area contributed by atoms with E-state index in [0.29, 0.717) is 23.4 Å². The van der Waals surface area contributed by atoms with Crippen LogP contribution < -0.4 is 4.74 Å². The maximum Gasteiger partial charge on any atom is 0.217 e. The van der Waals surface area contributed by atoms with E-state index in [4.69, 9.17) is 4.74 Å². The number of aromatic nitrogens is 1. The Bertz CT molecular complexity index is 474. The van der Waals surface area contributed by atoms with Gasteiger partial charge < -0.3 is 4.74 Å². The quantitative estimate of drug-likeness (QED) is 0.756. The van der Waals surface area contributed by atoms with Crippen LogP contribution in [0.15, 0.2) is 12.1 Å². The molecule has 0 amide bonds. The Kier molecular flexibility index (Phi) is 3.54. The van der Waals surface area contributed by atoms with Crippen molar-refractivity contribution >= 4 is 5.78 Å². The molecule has 2 fully saturated rings. The predicted octanol–water partition coefficient (Wildman–Crippen LogP) is 3.73. The average Bonchev–Trinajstić information content (AvgIpc) is 3.08. The highest BCUT2D eigenvalue weighted by Gasteiger charge is 2.25. The molecule has 2 aliphatic rings. The van der Waals surface area contributed by atoms with Crippen molar-refractivity contribution in [2.45, 2.75) is 51.4 Å². The highest BCUT2D eigenvalue weighted by molar-refractivity contribution is 5.92. The van der Waals surface area contributed by atoms with Crippen molar-refractivity contribution in [3.8, 4) is 5.88 Å². The van der Waals surface area contributed by atoms with E-state index in [2.05, 4.69) is 11.1 Å². The van der Waals surface area contributed by atoms with Crippen molar-refractivity contribution in [3.05, 3.63) is 23.4 Å². The first-order valence-corrected chi connectivity index (χ1v) is 7.38. The molecule has 0 unspecified atom stereocenters. The Morgan fingerprint density at radius 2 is 2.00 bits per heavy atom. The first-order valence-electron chi connectivity index (χ1n) is 7.38. The molecule has 2 aliphatic carbocycles. The number of ether oxygens (including phenoxy) is 1. The fourth-order valence-corrected chi connectivity index (χ4v) is 2.79. The van der Waals surface area contributed by atoms with E-state index in [9.17, 15) is 4.79 Å². The second kappa shape index (κ2) is 5.32. The van der Waals surface area contributed by atoms with Gasteiger partial charge in [-0.1, -0.05) is 18.9 Å². The van der Waals surface area contributed by atoms with Crippen molar-refractivity contribution < 1.29 is 9.53 Å². The van der Waals surface area contributed by atoms with Gasteiger partial charge in [0.25, 0.3) is 0 Å². The predicted molar refractivity (Wildman–Crippen MR) is 73.7 cm³/mol. The summed E-state index contributed by atoms with van der Waals surface area (Å²) in [7, 11) is 0. The van der Waals surface area contributed by atoms with Gasteiger partial charge in [-0.15, -0.1) is 0 Å². The van der Waals surface area contributed by atoms with Crippen LogP contribution in [0.1, 0.15) is 67.4 Å². The number of ketones is 1. The number of carbonyl (C=O) groups is 1. The molecule has 1 aromatic heterocycles. The van der Waals surface area contributed by atoms with Gasteiger partial charge in [-0.25, -0.2) is 4.98 Å². The normalized spacial score (nSPS) is 19.6. The van der Waals surface area contributed by atoms with E-state index >= 15 is 0 Å². The molecule has 102 valence electrons.